The highest BCUT2D eigenvalue weighted by atomic mass is 16.5. The molecule has 0 unspecified atom stereocenters. The Morgan fingerprint density at radius 1 is 1.35 bits per heavy atom. The number of hydrogen-bond donors (Lipinski definition) is 3. The number of nitrogens with zero attached hydrogens (tertiary/aromatic N) is 2. The lowest BCUT2D eigenvalue weighted by atomic mass is 10.2. The molecule has 1 aromatic heterocycles. The van der Waals surface area contributed by atoms with Crippen LogP contribution in [0.5, 0.6) is 5.75 Å². The third kappa shape index (κ3) is 3.42. The summed E-state index contributed by atoms with van der Waals surface area (Å²) >= 11 is 0. The van der Waals surface area contributed by atoms with E-state index in [0.717, 1.165) is 11.3 Å². The quantitative estimate of drug-likeness (QED) is 0.547. The summed E-state index contributed by atoms with van der Waals surface area (Å²) in [5, 5.41) is 2.76. The Morgan fingerprint density at radius 2 is 2.20 bits per heavy atom. The van der Waals surface area contributed by atoms with Gasteiger partial charge in [0, 0.05) is 6.54 Å². The van der Waals surface area contributed by atoms with Gasteiger partial charge in [0.25, 0.3) is 5.91 Å². The molecule has 0 fully saturated rings. The SMILES string of the molecule is COc1cccc(CNC(=O)c2cnc(NN)cn2)c1. The van der Waals surface area contributed by atoms with Crippen LogP contribution < -0.4 is 21.3 Å². The molecule has 20 heavy (non-hydrogen) atoms. The zero-order valence-electron chi connectivity index (χ0n) is 11.0. The lowest BCUT2D eigenvalue weighted by Gasteiger charge is -2.06. The highest BCUT2D eigenvalue weighted by molar-refractivity contribution is 5.91. The second kappa shape index (κ2) is 6.48. The van der Waals surface area contributed by atoms with Gasteiger partial charge in [-0.2, -0.15) is 0 Å². The molecular weight excluding hydrogens is 258 g/mol. The number of carbonyl (C=O) groups is 1. The summed E-state index contributed by atoms with van der Waals surface area (Å²) in [6, 6.07) is 7.46. The Kier molecular flexibility index (Phi) is 4.46. The van der Waals surface area contributed by atoms with Crippen molar-refractivity contribution in [3.05, 3.63) is 47.9 Å². The molecule has 0 saturated carbocycles. The first-order valence-electron chi connectivity index (χ1n) is 5.92. The molecule has 1 heterocycles. The molecule has 0 aliphatic heterocycles. The Morgan fingerprint density at radius 3 is 2.85 bits per heavy atom. The van der Waals surface area contributed by atoms with E-state index in [-0.39, 0.29) is 11.6 Å². The summed E-state index contributed by atoms with van der Waals surface area (Å²) in [6.45, 7) is 0.384. The monoisotopic (exact) mass is 273 g/mol. The third-order valence-corrected chi connectivity index (χ3v) is 2.62. The summed E-state index contributed by atoms with van der Waals surface area (Å²) in [4.78, 5) is 19.8. The molecule has 2 aromatic rings. The van der Waals surface area contributed by atoms with Gasteiger partial charge in [-0.05, 0) is 17.7 Å². The van der Waals surface area contributed by atoms with Gasteiger partial charge in [0.2, 0.25) is 0 Å². The van der Waals surface area contributed by atoms with E-state index in [1.807, 2.05) is 24.3 Å². The van der Waals surface area contributed by atoms with Gasteiger partial charge in [-0.15, -0.1) is 0 Å². The predicted octanol–water partition coefficient (Wildman–Crippen LogP) is 0.701. The van der Waals surface area contributed by atoms with Gasteiger partial charge in [-0.25, -0.2) is 15.8 Å². The molecular formula is C13H15N5O2. The van der Waals surface area contributed by atoms with Crippen LogP contribution in [0.2, 0.25) is 0 Å². The number of anilines is 1. The fraction of sp³-hybridized carbons (Fsp3) is 0.154. The standard InChI is InChI=1S/C13H15N5O2/c1-20-10-4-2-3-9(5-10)6-17-13(19)11-7-16-12(18-14)8-15-11/h2-5,7-8H,6,14H2,1H3,(H,16,18)(H,17,19). The van der Waals surface area contributed by atoms with E-state index in [0.29, 0.717) is 12.4 Å². The van der Waals surface area contributed by atoms with E-state index >= 15 is 0 Å². The van der Waals surface area contributed by atoms with Crippen molar-refractivity contribution >= 4 is 11.7 Å². The van der Waals surface area contributed by atoms with Gasteiger partial charge in [0.05, 0.1) is 19.5 Å². The molecule has 0 aliphatic rings. The van der Waals surface area contributed by atoms with E-state index in [1.165, 1.54) is 12.4 Å². The molecule has 2 rings (SSSR count). The van der Waals surface area contributed by atoms with Crippen LogP contribution in [-0.4, -0.2) is 23.0 Å². The Labute approximate surface area is 116 Å². The van der Waals surface area contributed by atoms with Crippen molar-refractivity contribution in [3.8, 4) is 5.75 Å². The van der Waals surface area contributed by atoms with E-state index in [1.54, 1.807) is 7.11 Å². The summed E-state index contributed by atoms with van der Waals surface area (Å²) in [5.41, 5.74) is 3.51. The third-order valence-electron chi connectivity index (χ3n) is 2.62. The second-order valence-electron chi connectivity index (χ2n) is 3.97. The predicted molar refractivity (Wildman–Crippen MR) is 74.0 cm³/mol. The van der Waals surface area contributed by atoms with Gasteiger partial charge in [0.1, 0.15) is 11.4 Å². The molecule has 4 N–H and O–H groups in total. The van der Waals surface area contributed by atoms with Crippen molar-refractivity contribution in [2.75, 3.05) is 12.5 Å². The summed E-state index contributed by atoms with van der Waals surface area (Å²) in [6.07, 6.45) is 2.75. The first kappa shape index (κ1) is 13.8. The number of rotatable bonds is 5. The van der Waals surface area contributed by atoms with Crippen LogP contribution in [0, 0.1) is 0 Å². The lowest BCUT2D eigenvalue weighted by molar-refractivity contribution is 0.0945. The molecule has 0 aliphatic carbocycles. The van der Waals surface area contributed by atoms with Crippen molar-refractivity contribution in [3.63, 3.8) is 0 Å². The maximum atomic E-state index is 11.9. The number of methoxy groups -OCH3 is 1. The molecule has 0 saturated heterocycles. The Bertz CT molecular complexity index is 586. The van der Waals surface area contributed by atoms with E-state index in [4.69, 9.17) is 10.6 Å². The highest BCUT2D eigenvalue weighted by Gasteiger charge is 2.07. The zero-order chi connectivity index (χ0) is 14.4. The molecule has 7 heteroatoms. The largest absolute Gasteiger partial charge is 0.497 e. The number of nitrogens with two attached hydrogens (primary N) is 1. The number of ether oxygens (including phenoxy) is 1. The first-order valence-corrected chi connectivity index (χ1v) is 5.92. The van der Waals surface area contributed by atoms with E-state index < -0.39 is 0 Å². The summed E-state index contributed by atoms with van der Waals surface area (Å²) < 4.78 is 5.12. The van der Waals surface area contributed by atoms with Crippen LogP contribution >= 0.6 is 0 Å². The van der Waals surface area contributed by atoms with Crippen molar-refractivity contribution < 1.29 is 9.53 Å². The molecule has 1 amide bonds. The van der Waals surface area contributed by atoms with Crippen molar-refractivity contribution in [2.24, 2.45) is 5.84 Å². The summed E-state index contributed by atoms with van der Waals surface area (Å²) in [5.74, 6) is 6.01. The fourth-order valence-electron chi connectivity index (χ4n) is 1.58. The number of hydrogen-bond acceptors (Lipinski definition) is 6. The number of aromatic nitrogens is 2. The first-order chi connectivity index (χ1) is 9.72. The smallest absolute Gasteiger partial charge is 0.271 e. The van der Waals surface area contributed by atoms with E-state index in [2.05, 4.69) is 20.7 Å². The fourth-order valence-corrected chi connectivity index (χ4v) is 1.58. The van der Waals surface area contributed by atoms with Crippen LogP contribution in [0.3, 0.4) is 0 Å². The molecule has 0 spiro atoms. The maximum absolute atomic E-state index is 11.9. The molecule has 1 aromatic carbocycles. The minimum atomic E-state index is -0.302. The number of nitrogen functional groups attached to an aromatic ring is 1. The average molecular weight is 273 g/mol. The maximum Gasteiger partial charge on any atom is 0.271 e. The molecule has 0 atom stereocenters. The second-order valence-corrected chi connectivity index (χ2v) is 3.97. The molecule has 0 radical (unpaired) electrons. The summed E-state index contributed by atoms with van der Waals surface area (Å²) in [7, 11) is 1.60. The lowest BCUT2D eigenvalue weighted by Crippen LogP contribution is -2.24. The van der Waals surface area contributed by atoms with Gasteiger partial charge in [0.15, 0.2) is 5.82 Å². The number of nitrogens with one attached hydrogen (secondary N) is 2. The minimum Gasteiger partial charge on any atom is -0.497 e. The van der Waals surface area contributed by atoms with Crippen molar-refractivity contribution in [1.29, 1.82) is 0 Å². The molecule has 7 nitrogen and oxygen atoms in total. The average Bonchev–Trinajstić information content (AvgIpc) is 2.53. The number of hydrazine groups is 1. The van der Waals surface area contributed by atoms with Gasteiger partial charge in [-0.3, -0.25) is 4.79 Å². The van der Waals surface area contributed by atoms with Crippen LogP contribution in [0.1, 0.15) is 16.1 Å². The van der Waals surface area contributed by atoms with Crippen LogP contribution in [0.15, 0.2) is 36.7 Å². The van der Waals surface area contributed by atoms with Crippen LogP contribution in [0.4, 0.5) is 5.82 Å². The highest BCUT2D eigenvalue weighted by Crippen LogP contribution is 2.12. The molecule has 0 bridgehead atoms. The van der Waals surface area contributed by atoms with Gasteiger partial charge >= 0.3 is 0 Å². The van der Waals surface area contributed by atoms with Crippen LogP contribution in [0.25, 0.3) is 0 Å². The number of carbonyl (C=O) groups excluding carboxylic acids is 1. The van der Waals surface area contributed by atoms with Crippen LogP contribution in [-0.2, 0) is 6.54 Å². The number of benzene rings is 1. The minimum absolute atomic E-state index is 0.229. The topological polar surface area (TPSA) is 102 Å². The van der Waals surface area contributed by atoms with Crippen molar-refractivity contribution in [1.82, 2.24) is 15.3 Å². The normalized spacial score (nSPS) is 9.90. The Hall–Kier alpha value is -2.67. The number of amides is 1. The van der Waals surface area contributed by atoms with Crippen molar-refractivity contribution in [2.45, 2.75) is 6.54 Å². The van der Waals surface area contributed by atoms with Gasteiger partial charge < -0.3 is 15.5 Å². The Balaban J connectivity index is 1.97. The van der Waals surface area contributed by atoms with E-state index in [9.17, 15) is 4.79 Å². The van der Waals surface area contributed by atoms with Gasteiger partial charge in [-0.1, -0.05) is 12.1 Å². The molecule has 104 valence electrons. The zero-order valence-corrected chi connectivity index (χ0v) is 11.0.